The van der Waals surface area contributed by atoms with E-state index in [1.807, 2.05) is 0 Å². The van der Waals surface area contributed by atoms with Crippen molar-refractivity contribution in [2.75, 3.05) is 32.8 Å². The molecule has 4 nitrogen and oxygen atoms in total. The molecule has 1 amide bonds. The minimum atomic E-state index is -4.11. The molecule has 1 fully saturated rings. The first-order valence-electron chi connectivity index (χ1n) is 6.07. The molecule has 1 atom stereocenters. The van der Waals surface area contributed by atoms with Gasteiger partial charge in [0.25, 0.3) is 0 Å². The van der Waals surface area contributed by atoms with E-state index in [2.05, 4.69) is 5.32 Å². The van der Waals surface area contributed by atoms with Gasteiger partial charge in [-0.05, 0) is 25.3 Å². The summed E-state index contributed by atoms with van der Waals surface area (Å²) in [5.74, 6) is -0.273. The van der Waals surface area contributed by atoms with E-state index >= 15 is 0 Å². The highest BCUT2D eigenvalue weighted by molar-refractivity contribution is 5.76. The number of halogens is 3. The first-order chi connectivity index (χ1) is 8.40. The zero-order valence-electron chi connectivity index (χ0n) is 10.2. The number of likely N-dealkylation sites (tertiary alicyclic amines) is 1. The van der Waals surface area contributed by atoms with Crippen LogP contribution in [0.25, 0.3) is 0 Å². The maximum absolute atomic E-state index is 12.1. The van der Waals surface area contributed by atoms with E-state index in [1.165, 1.54) is 0 Å². The SMILES string of the molecule is O=C(CO)NC[C@@H]1CCCN(CCC(F)(F)F)C1. The number of carbonyl (C=O) groups is 1. The molecule has 1 aliphatic heterocycles. The summed E-state index contributed by atoms with van der Waals surface area (Å²) in [5.41, 5.74) is 0. The average molecular weight is 268 g/mol. The Bertz CT molecular complexity index is 272. The number of hydrogen-bond acceptors (Lipinski definition) is 3. The molecule has 7 heteroatoms. The van der Waals surface area contributed by atoms with E-state index in [-0.39, 0.29) is 12.5 Å². The van der Waals surface area contributed by atoms with Gasteiger partial charge in [-0.25, -0.2) is 0 Å². The van der Waals surface area contributed by atoms with Gasteiger partial charge in [-0.15, -0.1) is 0 Å². The Morgan fingerprint density at radius 2 is 2.17 bits per heavy atom. The van der Waals surface area contributed by atoms with Crippen molar-refractivity contribution < 1.29 is 23.1 Å². The van der Waals surface area contributed by atoms with E-state index in [9.17, 15) is 18.0 Å². The molecule has 0 spiro atoms. The minimum absolute atomic E-state index is 0.0218. The highest BCUT2D eigenvalue weighted by Crippen LogP contribution is 2.22. The Morgan fingerprint density at radius 1 is 1.44 bits per heavy atom. The molecule has 0 aromatic carbocycles. The van der Waals surface area contributed by atoms with Crippen LogP contribution < -0.4 is 5.32 Å². The van der Waals surface area contributed by atoms with Crippen molar-refractivity contribution in [3.8, 4) is 0 Å². The topological polar surface area (TPSA) is 52.6 Å². The molecule has 2 N–H and O–H groups in total. The number of aliphatic hydroxyl groups excluding tert-OH is 1. The van der Waals surface area contributed by atoms with Crippen LogP contribution in [0.3, 0.4) is 0 Å². The summed E-state index contributed by atoms with van der Waals surface area (Å²) in [6.45, 7) is 1.14. The Morgan fingerprint density at radius 3 is 2.78 bits per heavy atom. The fourth-order valence-electron chi connectivity index (χ4n) is 2.12. The second-order valence-electron chi connectivity index (χ2n) is 4.64. The summed E-state index contributed by atoms with van der Waals surface area (Å²) in [4.78, 5) is 12.7. The Hall–Kier alpha value is -0.820. The van der Waals surface area contributed by atoms with Crippen molar-refractivity contribution in [1.82, 2.24) is 10.2 Å². The van der Waals surface area contributed by atoms with Gasteiger partial charge in [-0.1, -0.05) is 0 Å². The zero-order valence-corrected chi connectivity index (χ0v) is 10.2. The maximum atomic E-state index is 12.1. The molecule has 0 aromatic heterocycles. The minimum Gasteiger partial charge on any atom is -0.387 e. The fraction of sp³-hybridized carbons (Fsp3) is 0.909. The van der Waals surface area contributed by atoms with Crippen LogP contribution in [0.5, 0.6) is 0 Å². The molecular formula is C11H19F3N2O2. The van der Waals surface area contributed by atoms with Gasteiger partial charge in [-0.3, -0.25) is 4.79 Å². The largest absolute Gasteiger partial charge is 0.390 e. The molecule has 1 saturated heterocycles. The second-order valence-corrected chi connectivity index (χ2v) is 4.64. The lowest BCUT2D eigenvalue weighted by atomic mass is 9.98. The number of alkyl halides is 3. The number of carbonyl (C=O) groups excluding carboxylic acids is 1. The van der Waals surface area contributed by atoms with Crippen LogP contribution in [0.2, 0.25) is 0 Å². The Kier molecular flexibility index (Phi) is 5.87. The average Bonchev–Trinajstić information content (AvgIpc) is 2.33. The number of rotatable bonds is 5. The number of piperidine rings is 1. The normalized spacial score (nSPS) is 21.9. The molecular weight excluding hydrogens is 249 g/mol. The van der Waals surface area contributed by atoms with Gasteiger partial charge in [0.1, 0.15) is 6.61 Å². The lowest BCUT2D eigenvalue weighted by Crippen LogP contribution is -2.42. The number of nitrogens with one attached hydrogen (secondary N) is 1. The molecule has 1 aliphatic rings. The van der Waals surface area contributed by atoms with Gasteiger partial charge in [0.15, 0.2) is 0 Å². The van der Waals surface area contributed by atoms with Crippen molar-refractivity contribution in [3.05, 3.63) is 0 Å². The maximum Gasteiger partial charge on any atom is 0.390 e. The molecule has 0 unspecified atom stereocenters. The van der Waals surface area contributed by atoms with Crippen LogP contribution >= 0.6 is 0 Å². The van der Waals surface area contributed by atoms with E-state index in [0.29, 0.717) is 19.6 Å². The smallest absolute Gasteiger partial charge is 0.387 e. The number of nitrogens with zero attached hydrogens (tertiary/aromatic N) is 1. The standard InChI is InChI=1S/C11H19F3N2O2/c12-11(13,14)3-5-16-4-1-2-9(7-16)6-15-10(18)8-17/h9,17H,1-8H2,(H,15,18)/t9-/m0/s1. The van der Waals surface area contributed by atoms with Crippen molar-refractivity contribution in [1.29, 1.82) is 0 Å². The molecule has 0 aliphatic carbocycles. The summed E-state index contributed by atoms with van der Waals surface area (Å²) in [6, 6.07) is 0. The Labute approximate surface area is 104 Å². The van der Waals surface area contributed by atoms with Crippen molar-refractivity contribution in [2.24, 2.45) is 5.92 Å². The van der Waals surface area contributed by atoms with E-state index in [1.54, 1.807) is 4.90 Å². The predicted octanol–water partition coefficient (Wildman–Crippen LogP) is 0.759. The molecule has 18 heavy (non-hydrogen) atoms. The van der Waals surface area contributed by atoms with E-state index in [4.69, 9.17) is 5.11 Å². The van der Waals surface area contributed by atoms with Gasteiger partial charge in [0, 0.05) is 19.6 Å². The highest BCUT2D eigenvalue weighted by atomic mass is 19.4. The molecule has 0 bridgehead atoms. The van der Waals surface area contributed by atoms with Gasteiger partial charge >= 0.3 is 6.18 Å². The quantitative estimate of drug-likeness (QED) is 0.774. The molecule has 0 saturated carbocycles. The van der Waals surface area contributed by atoms with Crippen LogP contribution in [-0.2, 0) is 4.79 Å². The van der Waals surface area contributed by atoms with Crippen LogP contribution in [0.4, 0.5) is 13.2 Å². The highest BCUT2D eigenvalue weighted by Gasteiger charge is 2.29. The number of amides is 1. The van der Waals surface area contributed by atoms with Gasteiger partial charge in [0.2, 0.25) is 5.91 Å². The summed E-state index contributed by atoms with van der Waals surface area (Å²) >= 11 is 0. The van der Waals surface area contributed by atoms with Crippen LogP contribution in [-0.4, -0.2) is 54.9 Å². The monoisotopic (exact) mass is 268 g/mol. The van der Waals surface area contributed by atoms with Crippen LogP contribution in [0.15, 0.2) is 0 Å². The summed E-state index contributed by atoms with van der Waals surface area (Å²) in [6.07, 6.45) is -3.16. The number of hydrogen-bond donors (Lipinski definition) is 2. The van der Waals surface area contributed by atoms with Crippen molar-refractivity contribution in [2.45, 2.75) is 25.4 Å². The first-order valence-corrected chi connectivity index (χ1v) is 6.07. The Balaban J connectivity index is 2.26. The molecule has 1 heterocycles. The molecule has 1 rings (SSSR count). The van der Waals surface area contributed by atoms with Crippen molar-refractivity contribution >= 4 is 5.91 Å². The summed E-state index contributed by atoms with van der Waals surface area (Å²) in [5, 5.41) is 11.1. The van der Waals surface area contributed by atoms with E-state index in [0.717, 1.165) is 12.8 Å². The third-order valence-electron chi connectivity index (χ3n) is 3.05. The zero-order chi connectivity index (χ0) is 13.6. The van der Waals surface area contributed by atoms with Gasteiger partial charge < -0.3 is 15.3 Å². The fourth-order valence-corrected chi connectivity index (χ4v) is 2.12. The van der Waals surface area contributed by atoms with Gasteiger partial charge in [0.05, 0.1) is 6.42 Å². The van der Waals surface area contributed by atoms with E-state index < -0.39 is 25.1 Å². The van der Waals surface area contributed by atoms with Gasteiger partial charge in [-0.2, -0.15) is 13.2 Å². The lowest BCUT2D eigenvalue weighted by molar-refractivity contribution is -0.138. The molecule has 0 radical (unpaired) electrons. The number of aliphatic hydroxyl groups is 1. The third kappa shape index (κ3) is 6.20. The third-order valence-corrected chi connectivity index (χ3v) is 3.05. The lowest BCUT2D eigenvalue weighted by Gasteiger charge is -2.32. The first kappa shape index (κ1) is 15.2. The van der Waals surface area contributed by atoms with Crippen LogP contribution in [0, 0.1) is 5.92 Å². The predicted molar refractivity (Wildman–Crippen MR) is 59.9 cm³/mol. The summed E-state index contributed by atoms with van der Waals surface area (Å²) in [7, 11) is 0. The van der Waals surface area contributed by atoms with Crippen molar-refractivity contribution in [3.63, 3.8) is 0 Å². The summed E-state index contributed by atoms with van der Waals surface area (Å²) < 4.78 is 36.3. The second kappa shape index (κ2) is 6.94. The molecule has 106 valence electrons. The van der Waals surface area contributed by atoms with Crippen LogP contribution in [0.1, 0.15) is 19.3 Å². The molecule has 0 aromatic rings.